The van der Waals surface area contributed by atoms with Gasteiger partial charge in [-0.25, -0.2) is 4.39 Å². The second-order valence-electron chi connectivity index (χ2n) is 7.43. The van der Waals surface area contributed by atoms with Gasteiger partial charge in [0.1, 0.15) is 0 Å². The summed E-state index contributed by atoms with van der Waals surface area (Å²) in [4.78, 5) is 0. The van der Waals surface area contributed by atoms with Crippen molar-refractivity contribution in [3.8, 4) is 28.0 Å². The first-order chi connectivity index (χ1) is 14.2. The highest BCUT2D eigenvalue weighted by molar-refractivity contribution is 5.88. The van der Waals surface area contributed by atoms with Gasteiger partial charge in [0.2, 0.25) is 0 Å². The van der Waals surface area contributed by atoms with Crippen LogP contribution in [0, 0.1) is 5.82 Å². The van der Waals surface area contributed by atoms with Crippen LogP contribution < -0.4 is 4.74 Å². The molecule has 0 aliphatic carbocycles. The molecule has 0 saturated carbocycles. The van der Waals surface area contributed by atoms with Crippen molar-refractivity contribution in [3.63, 3.8) is 0 Å². The van der Waals surface area contributed by atoms with E-state index in [-0.39, 0.29) is 11.6 Å². The van der Waals surface area contributed by atoms with E-state index in [4.69, 9.17) is 4.74 Å². The van der Waals surface area contributed by atoms with E-state index in [9.17, 15) is 4.39 Å². The number of halogens is 1. The van der Waals surface area contributed by atoms with Crippen molar-refractivity contribution in [2.45, 2.75) is 26.2 Å². The Balaban J connectivity index is 1.59. The molecular formula is C27H25FO. The number of aryl methyl sites for hydroxylation is 1. The molecule has 0 fully saturated rings. The van der Waals surface area contributed by atoms with Crippen molar-refractivity contribution in [3.05, 3.63) is 90.2 Å². The third-order valence-corrected chi connectivity index (χ3v) is 5.43. The molecule has 0 aromatic heterocycles. The molecule has 0 aliphatic heterocycles. The summed E-state index contributed by atoms with van der Waals surface area (Å²) in [7, 11) is 1.47. The summed E-state index contributed by atoms with van der Waals surface area (Å²) in [5, 5.41) is 2.54. The fourth-order valence-corrected chi connectivity index (χ4v) is 3.71. The van der Waals surface area contributed by atoms with Gasteiger partial charge in [0.05, 0.1) is 7.11 Å². The van der Waals surface area contributed by atoms with Gasteiger partial charge in [-0.05, 0) is 69.6 Å². The molecule has 0 unspecified atom stereocenters. The van der Waals surface area contributed by atoms with Crippen molar-refractivity contribution in [2.75, 3.05) is 7.11 Å². The summed E-state index contributed by atoms with van der Waals surface area (Å²) in [6.45, 7) is 2.23. The summed E-state index contributed by atoms with van der Waals surface area (Å²) in [6, 6.07) is 26.7. The van der Waals surface area contributed by atoms with Crippen LogP contribution >= 0.6 is 0 Å². The van der Waals surface area contributed by atoms with Gasteiger partial charge in [0.15, 0.2) is 11.6 Å². The molecule has 146 valence electrons. The second kappa shape index (κ2) is 8.48. The van der Waals surface area contributed by atoms with E-state index < -0.39 is 0 Å². The second-order valence-corrected chi connectivity index (χ2v) is 7.43. The third kappa shape index (κ3) is 4.17. The monoisotopic (exact) mass is 384 g/mol. The minimum Gasteiger partial charge on any atom is -0.494 e. The normalized spacial score (nSPS) is 11.0. The van der Waals surface area contributed by atoms with Crippen molar-refractivity contribution >= 4 is 10.8 Å². The highest BCUT2D eigenvalue weighted by Gasteiger charge is 2.06. The van der Waals surface area contributed by atoms with E-state index in [1.807, 2.05) is 18.2 Å². The standard InChI is InChI=1S/C27H25FO/c1-3-4-5-19-6-7-24-17-23(13-12-22(24)16-19)20-8-10-21(11-9-20)25-14-15-27(29-2)26(28)18-25/h6-18H,3-5H2,1-2H3. The van der Waals surface area contributed by atoms with Gasteiger partial charge < -0.3 is 4.74 Å². The Kier molecular flexibility index (Phi) is 5.62. The fraction of sp³-hybridized carbons (Fsp3) is 0.185. The Labute approximate surface area is 171 Å². The SMILES string of the molecule is CCCCc1ccc2cc(-c3ccc(-c4ccc(OC)c(F)c4)cc3)ccc2c1. The number of rotatable bonds is 6. The van der Waals surface area contributed by atoms with E-state index in [2.05, 4.69) is 55.5 Å². The first-order valence-electron chi connectivity index (χ1n) is 10.1. The summed E-state index contributed by atoms with van der Waals surface area (Å²) < 4.78 is 19.0. The highest BCUT2D eigenvalue weighted by Crippen LogP contribution is 2.30. The van der Waals surface area contributed by atoms with Crippen LogP contribution in [0.2, 0.25) is 0 Å². The lowest BCUT2D eigenvalue weighted by molar-refractivity contribution is 0.386. The molecule has 0 heterocycles. The van der Waals surface area contributed by atoms with E-state index in [1.165, 1.54) is 47.9 Å². The first-order valence-corrected chi connectivity index (χ1v) is 10.1. The zero-order chi connectivity index (χ0) is 20.2. The zero-order valence-electron chi connectivity index (χ0n) is 16.9. The van der Waals surface area contributed by atoms with Crippen molar-refractivity contribution < 1.29 is 9.13 Å². The maximum atomic E-state index is 14.0. The largest absolute Gasteiger partial charge is 0.494 e. The molecule has 4 aromatic rings. The number of ether oxygens (including phenoxy) is 1. The maximum Gasteiger partial charge on any atom is 0.165 e. The minimum atomic E-state index is -0.345. The molecule has 1 nitrogen and oxygen atoms in total. The van der Waals surface area contributed by atoms with Crippen LogP contribution in [0.4, 0.5) is 4.39 Å². The molecule has 0 radical (unpaired) electrons. The van der Waals surface area contributed by atoms with Crippen LogP contribution in [0.3, 0.4) is 0 Å². The fourth-order valence-electron chi connectivity index (χ4n) is 3.71. The molecule has 0 saturated heterocycles. The van der Waals surface area contributed by atoms with E-state index in [0.29, 0.717) is 0 Å². The van der Waals surface area contributed by atoms with Gasteiger partial charge in [-0.2, -0.15) is 0 Å². The van der Waals surface area contributed by atoms with Crippen LogP contribution in [0.5, 0.6) is 5.75 Å². The van der Waals surface area contributed by atoms with Crippen LogP contribution in [-0.4, -0.2) is 7.11 Å². The Morgan fingerprint density at radius 1 is 0.690 bits per heavy atom. The van der Waals surface area contributed by atoms with Gasteiger partial charge in [0.25, 0.3) is 0 Å². The first kappa shape index (κ1) is 19.2. The number of hydrogen-bond acceptors (Lipinski definition) is 1. The van der Waals surface area contributed by atoms with E-state index in [0.717, 1.165) is 23.1 Å². The molecule has 0 atom stereocenters. The quantitative estimate of drug-likeness (QED) is 0.331. The number of methoxy groups -OCH3 is 1. The molecule has 4 aromatic carbocycles. The van der Waals surface area contributed by atoms with Crippen LogP contribution in [0.25, 0.3) is 33.0 Å². The smallest absolute Gasteiger partial charge is 0.165 e. The maximum absolute atomic E-state index is 14.0. The van der Waals surface area contributed by atoms with Crippen LogP contribution in [0.1, 0.15) is 25.3 Å². The minimum absolute atomic E-state index is 0.263. The molecule has 4 rings (SSSR count). The van der Waals surface area contributed by atoms with Crippen LogP contribution in [-0.2, 0) is 6.42 Å². The summed E-state index contributed by atoms with van der Waals surface area (Å²) in [6.07, 6.45) is 3.59. The molecule has 0 N–H and O–H groups in total. The number of hydrogen-bond donors (Lipinski definition) is 0. The van der Waals surface area contributed by atoms with Gasteiger partial charge in [-0.15, -0.1) is 0 Å². The van der Waals surface area contributed by atoms with Gasteiger partial charge in [-0.1, -0.05) is 74.0 Å². The third-order valence-electron chi connectivity index (χ3n) is 5.43. The van der Waals surface area contributed by atoms with E-state index >= 15 is 0 Å². The zero-order valence-corrected chi connectivity index (χ0v) is 16.9. The predicted molar refractivity (Wildman–Crippen MR) is 120 cm³/mol. The summed E-state index contributed by atoms with van der Waals surface area (Å²) in [5.74, 6) is -0.0821. The van der Waals surface area contributed by atoms with Gasteiger partial charge >= 0.3 is 0 Å². The average molecular weight is 384 g/mol. The molecule has 0 aliphatic rings. The molecule has 0 amide bonds. The highest BCUT2D eigenvalue weighted by atomic mass is 19.1. The Hall–Kier alpha value is -3.13. The van der Waals surface area contributed by atoms with Crippen LogP contribution in [0.15, 0.2) is 78.9 Å². The predicted octanol–water partition coefficient (Wildman–Crippen LogP) is 7.66. The Morgan fingerprint density at radius 3 is 1.93 bits per heavy atom. The lowest BCUT2D eigenvalue weighted by Gasteiger charge is -2.09. The molecule has 0 bridgehead atoms. The topological polar surface area (TPSA) is 9.23 Å². The Bertz CT molecular complexity index is 1130. The molecule has 0 spiro atoms. The van der Waals surface area contributed by atoms with Gasteiger partial charge in [0, 0.05) is 0 Å². The number of fused-ring (bicyclic) bond motifs is 1. The van der Waals surface area contributed by atoms with Gasteiger partial charge in [-0.3, -0.25) is 0 Å². The van der Waals surface area contributed by atoms with Crippen molar-refractivity contribution in [1.29, 1.82) is 0 Å². The average Bonchev–Trinajstić information content (AvgIpc) is 2.77. The summed E-state index contributed by atoms with van der Waals surface area (Å²) in [5.41, 5.74) is 5.57. The van der Waals surface area contributed by atoms with E-state index in [1.54, 1.807) is 6.07 Å². The lowest BCUT2D eigenvalue weighted by Crippen LogP contribution is -1.88. The number of unbranched alkanes of at least 4 members (excludes halogenated alkanes) is 1. The summed E-state index contributed by atoms with van der Waals surface area (Å²) >= 11 is 0. The molecular weight excluding hydrogens is 359 g/mol. The number of benzene rings is 4. The van der Waals surface area contributed by atoms with Crippen molar-refractivity contribution in [1.82, 2.24) is 0 Å². The van der Waals surface area contributed by atoms with Crippen molar-refractivity contribution in [2.24, 2.45) is 0 Å². The lowest BCUT2D eigenvalue weighted by atomic mass is 9.97. The Morgan fingerprint density at radius 2 is 1.28 bits per heavy atom. The molecule has 29 heavy (non-hydrogen) atoms. The molecule has 2 heteroatoms.